The summed E-state index contributed by atoms with van der Waals surface area (Å²) in [4.78, 5) is 6.99. The Hall–Kier alpha value is -2.73. The van der Waals surface area contributed by atoms with E-state index in [0.717, 1.165) is 27.7 Å². The molecule has 0 atom stereocenters. The molecule has 128 valence electrons. The zero-order chi connectivity index (χ0) is 18.0. The van der Waals surface area contributed by atoms with E-state index in [0.29, 0.717) is 5.71 Å². The zero-order valence-electron chi connectivity index (χ0n) is 14.3. The van der Waals surface area contributed by atoms with Crippen LogP contribution in [0.2, 0.25) is 0 Å². The van der Waals surface area contributed by atoms with Gasteiger partial charge in [-0.15, -0.1) is 0 Å². The SMILES string of the molecule is C/C(=N\NS(=O)(=O)c1ccc(C)cc1)c1cc(C)nc2ccccc12. The number of hydrogen-bond donors (Lipinski definition) is 1. The Balaban J connectivity index is 1.96. The topological polar surface area (TPSA) is 71.4 Å². The highest BCUT2D eigenvalue weighted by atomic mass is 32.2. The molecule has 0 aliphatic carbocycles. The van der Waals surface area contributed by atoms with Crippen molar-refractivity contribution in [3.05, 3.63) is 71.4 Å². The van der Waals surface area contributed by atoms with E-state index in [1.165, 1.54) is 0 Å². The second-order valence-electron chi connectivity index (χ2n) is 5.93. The number of benzene rings is 2. The van der Waals surface area contributed by atoms with Crippen molar-refractivity contribution in [3.63, 3.8) is 0 Å². The van der Waals surface area contributed by atoms with E-state index >= 15 is 0 Å². The molecule has 2 aromatic carbocycles. The van der Waals surface area contributed by atoms with Gasteiger partial charge in [-0.3, -0.25) is 4.98 Å². The molecule has 0 spiro atoms. The Bertz CT molecular complexity index is 1060. The van der Waals surface area contributed by atoms with Gasteiger partial charge in [-0.25, -0.2) is 0 Å². The van der Waals surface area contributed by atoms with Gasteiger partial charge in [0.25, 0.3) is 10.0 Å². The zero-order valence-corrected chi connectivity index (χ0v) is 15.1. The van der Waals surface area contributed by atoms with Crippen molar-refractivity contribution in [2.45, 2.75) is 25.7 Å². The molecule has 3 aromatic rings. The molecule has 1 heterocycles. The fourth-order valence-corrected chi connectivity index (χ4v) is 3.42. The second-order valence-corrected chi connectivity index (χ2v) is 7.59. The fourth-order valence-electron chi connectivity index (χ4n) is 2.57. The van der Waals surface area contributed by atoms with Gasteiger partial charge in [-0.05, 0) is 45.0 Å². The van der Waals surface area contributed by atoms with Crippen LogP contribution in [-0.2, 0) is 10.0 Å². The van der Waals surface area contributed by atoms with Crippen molar-refractivity contribution in [1.82, 2.24) is 9.82 Å². The van der Waals surface area contributed by atoms with Crippen LogP contribution in [0.3, 0.4) is 0 Å². The molecule has 3 rings (SSSR count). The molecular weight excluding hydrogens is 334 g/mol. The maximum absolute atomic E-state index is 12.4. The number of para-hydroxylation sites is 1. The number of nitrogens with zero attached hydrogens (tertiary/aromatic N) is 2. The molecular formula is C19H19N3O2S. The normalized spacial score (nSPS) is 12.4. The van der Waals surface area contributed by atoms with Gasteiger partial charge in [-0.2, -0.15) is 18.4 Å². The third-order valence-electron chi connectivity index (χ3n) is 3.90. The standard InChI is InChI=1S/C19H19N3O2S/c1-13-8-10-16(11-9-13)25(23,24)22-21-15(3)18-12-14(2)20-19-7-5-4-6-17(18)19/h4-12,22H,1-3H3/b21-15+. The lowest BCUT2D eigenvalue weighted by Crippen LogP contribution is -2.20. The van der Waals surface area contributed by atoms with Gasteiger partial charge in [0.1, 0.15) is 0 Å². The van der Waals surface area contributed by atoms with Crippen molar-refractivity contribution in [1.29, 1.82) is 0 Å². The van der Waals surface area contributed by atoms with Crippen LogP contribution in [0.4, 0.5) is 0 Å². The molecule has 25 heavy (non-hydrogen) atoms. The molecule has 6 heteroatoms. The summed E-state index contributed by atoms with van der Waals surface area (Å²) in [5.74, 6) is 0. The van der Waals surface area contributed by atoms with Crippen molar-refractivity contribution < 1.29 is 8.42 Å². The van der Waals surface area contributed by atoms with E-state index in [1.807, 2.05) is 44.2 Å². The first-order chi connectivity index (χ1) is 11.9. The number of aryl methyl sites for hydroxylation is 2. The summed E-state index contributed by atoms with van der Waals surface area (Å²) >= 11 is 0. The van der Waals surface area contributed by atoms with Crippen LogP contribution >= 0.6 is 0 Å². The Morgan fingerprint density at radius 3 is 2.44 bits per heavy atom. The minimum Gasteiger partial charge on any atom is -0.253 e. The second kappa shape index (κ2) is 6.64. The van der Waals surface area contributed by atoms with Gasteiger partial charge in [0.2, 0.25) is 0 Å². The van der Waals surface area contributed by atoms with Crippen LogP contribution in [0.1, 0.15) is 23.7 Å². The predicted molar refractivity (Wildman–Crippen MR) is 100 cm³/mol. The van der Waals surface area contributed by atoms with Crippen LogP contribution in [0.15, 0.2) is 64.6 Å². The molecule has 0 amide bonds. The van der Waals surface area contributed by atoms with E-state index in [1.54, 1.807) is 31.2 Å². The highest BCUT2D eigenvalue weighted by Crippen LogP contribution is 2.19. The summed E-state index contributed by atoms with van der Waals surface area (Å²) in [6.45, 7) is 5.58. The molecule has 1 aromatic heterocycles. The maximum atomic E-state index is 12.4. The molecule has 0 aliphatic rings. The van der Waals surface area contributed by atoms with E-state index in [9.17, 15) is 8.42 Å². The summed E-state index contributed by atoms with van der Waals surface area (Å²) in [5.41, 5.74) is 4.14. The summed E-state index contributed by atoms with van der Waals surface area (Å²) < 4.78 is 24.8. The first-order valence-electron chi connectivity index (χ1n) is 7.86. The minimum atomic E-state index is -3.70. The summed E-state index contributed by atoms with van der Waals surface area (Å²) in [7, 11) is -3.70. The Kier molecular flexibility index (Phi) is 4.55. The molecule has 5 nitrogen and oxygen atoms in total. The highest BCUT2D eigenvalue weighted by molar-refractivity contribution is 7.89. The van der Waals surface area contributed by atoms with Gasteiger partial charge in [0, 0.05) is 16.6 Å². The molecule has 0 saturated carbocycles. The third kappa shape index (κ3) is 3.69. The summed E-state index contributed by atoms with van der Waals surface area (Å²) in [5, 5.41) is 5.04. The van der Waals surface area contributed by atoms with E-state index in [2.05, 4.69) is 14.9 Å². The lowest BCUT2D eigenvalue weighted by molar-refractivity contribution is 0.584. The van der Waals surface area contributed by atoms with Crippen molar-refractivity contribution in [2.75, 3.05) is 0 Å². The first-order valence-corrected chi connectivity index (χ1v) is 9.35. The van der Waals surface area contributed by atoms with Crippen molar-refractivity contribution in [2.24, 2.45) is 5.10 Å². The molecule has 0 bridgehead atoms. The predicted octanol–water partition coefficient (Wildman–Crippen LogP) is 3.55. The smallest absolute Gasteiger partial charge is 0.253 e. The molecule has 0 unspecified atom stereocenters. The fraction of sp³-hybridized carbons (Fsp3) is 0.158. The lowest BCUT2D eigenvalue weighted by Gasteiger charge is -2.09. The van der Waals surface area contributed by atoms with Crippen molar-refractivity contribution in [3.8, 4) is 0 Å². The van der Waals surface area contributed by atoms with E-state index in [-0.39, 0.29) is 4.90 Å². The van der Waals surface area contributed by atoms with Gasteiger partial charge >= 0.3 is 0 Å². The largest absolute Gasteiger partial charge is 0.276 e. The van der Waals surface area contributed by atoms with Crippen LogP contribution in [0, 0.1) is 13.8 Å². The third-order valence-corrected chi connectivity index (χ3v) is 5.12. The Labute approximate surface area is 147 Å². The number of hydrazone groups is 1. The van der Waals surface area contributed by atoms with Gasteiger partial charge < -0.3 is 0 Å². The molecule has 0 saturated heterocycles. The average Bonchev–Trinajstić information content (AvgIpc) is 2.59. The number of rotatable bonds is 4. The van der Waals surface area contributed by atoms with E-state index in [4.69, 9.17) is 0 Å². The lowest BCUT2D eigenvalue weighted by atomic mass is 10.0. The average molecular weight is 353 g/mol. The summed E-state index contributed by atoms with van der Waals surface area (Å²) in [6, 6.07) is 16.3. The first kappa shape index (κ1) is 17.1. The number of sulfonamides is 1. The van der Waals surface area contributed by atoms with Gasteiger partial charge in [0.05, 0.1) is 16.1 Å². The van der Waals surface area contributed by atoms with Crippen LogP contribution in [0.25, 0.3) is 10.9 Å². The number of fused-ring (bicyclic) bond motifs is 1. The number of nitrogens with one attached hydrogen (secondary N) is 1. The number of hydrogen-bond acceptors (Lipinski definition) is 4. The highest BCUT2D eigenvalue weighted by Gasteiger charge is 2.13. The quantitative estimate of drug-likeness (QED) is 0.576. The monoisotopic (exact) mass is 353 g/mol. The van der Waals surface area contributed by atoms with Crippen molar-refractivity contribution >= 4 is 26.6 Å². The molecule has 1 N–H and O–H groups in total. The molecule has 0 aliphatic heterocycles. The summed E-state index contributed by atoms with van der Waals surface area (Å²) in [6.07, 6.45) is 0. The number of pyridine rings is 1. The van der Waals surface area contributed by atoms with Gasteiger partial charge in [-0.1, -0.05) is 35.9 Å². The Morgan fingerprint density at radius 1 is 1.04 bits per heavy atom. The minimum absolute atomic E-state index is 0.186. The molecule has 0 radical (unpaired) electrons. The van der Waals surface area contributed by atoms with Gasteiger partial charge in [0.15, 0.2) is 0 Å². The number of aromatic nitrogens is 1. The molecule has 0 fully saturated rings. The maximum Gasteiger partial charge on any atom is 0.276 e. The van der Waals surface area contributed by atoms with E-state index < -0.39 is 10.0 Å². The van der Waals surface area contributed by atoms with Crippen LogP contribution < -0.4 is 4.83 Å². The Morgan fingerprint density at radius 2 is 1.72 bits per heavy atom. The van der Waals surface area contributed by atoms with Crippen LogP contribution in [-0.4, -0.2) is 19.1 Å². The van der Waals surface area contributed by atoms with Crippen LogP contribution in [0.5, 0.6) is 0 Å².